The molecule has 0 heterocycles. The Hall–Kier alpha value is -1.77. The van der Waals surface area contributed by atoms with E-state index < -0.39 is 32.5 Å². The molecular formula is C52H98NO8P. The van der Waals surface area contributed by atoms with E-state index in [0.29, 0.717) is 23.9 Å². The second-order valence-electron chi connectivity index (χ2n) is 18.5. The van der Waals surface area contributed by atoms with Crippen molar-refractivity contribution in [2.75, 3.05) is 47.5 Å². The second kappa shape index (κ2) is 44.4. The third kappa shape index (κ3) is 47.7. The van der Waals surface area contributed by atoms with Gasteiger partial charge in [-0.05, 0) is 51.4 Å². The van der Waals surface area contributed by atoms with Gasteiger partial charge in [-0.25, -0.2) is 0 Å². The average Bonchev–Trinajstić information content (AvgIpc) is 3.23. The third-order valence-electron chi connectivity index (χ3n) is 11.2. The molecule has 0 aromatic carbocycles. The Morgan fingerprint density at radius 3 is 1.32 bits per heavy atom. The van der Waals surface area contributed by atoms with Gasteiger partial charge in [0.2, 0.25) is 0 Å². The zero-order chi connectivity index (χ0) is 45.7. The van der Waals surface area contributed by atoms with Gasteiger partial charge in [-0.15, -0.1) is 0 Å². The van der Waals surface area contributed by atoms with E-state index in [9.17, 15) is 19.0 Å². The minimum absolute atomic E-state index is 0.0357. The molecule has 10 heteroatoms. The molecule has 62 heavy (non-hydrogen) atoms. The SMILES string of the molecule is CCCCC/C=C/C/C=C/C/C=C/CCCCC(=O)OC[C@H](COP(=O)([O-])OCC[N+](C)(C)C)OC(=O)CCCCCCCCCCCCCCCCCCCCCCCCC. The van der Waals surface area contributed by atoms with Crippen molar-refractivity contribution in [3.63, 3.8) is 0 Å². The zero-order valence-electron chi connectivity index (χ0n) is 41.1. The summed E-state index contributed by atoms with van der Waals surface area (Å²) in [4.78, 5) is 37.7. The molecule has 0 N–H and O–H groups in total. The summed E-state index contributed by atoms with van der Waals surface area (Å²) in [5, 5.41) is 0. The summed E-state index contributed by atoms with van der Waals surface area (Å²) in [5.74, 6) is -0.870. The number of quaternary nitrogens is 1. The van der Waals surface area contributed by atoms with Gasteiger partial charge in [0.25, 0.3) is 7.82 Å². The Morgan fingerprint density at radius 1 is 0.500 bits per heavy atom. The van der Waals surface area contributed by atoms with E-state index in [-0.39, 0.29) is 26.1 Å². The van der Waals surface area contributed by atoms with Crippen LogP contribution in [0.5, 0.6) is 0 Å². The highest BCUT2D eigenvalue weighted by molar-refractivity contribution is 7.45. The lowest BCUT2D eigenvalue weighted by atomic mass is 10.0. The number of allylic oxidation sites excluding steroid dienone is 6. The highest BCUT2D eigenvalue weighted by Gasteiger charge is 2.21. The molecule has 0 radical (unpaired) electrons. The Bertz CT molecular complexity index is 1150. The number of ether oxygens (including phenoxy) is 2. The van der Waals surface area contributed by atoms with Gasteiger partial charge in [-0.3, -0.25) is 14.2 Å². The molecule has 0 amide bonds. The third-order valence-corrected chi connectivity index (χ3v) is 12.1. The monoisotopic (exact) mass is 896 g/mol. The fourth-order valence-corrected chi connectivity index (χ4v) is 7.86. The number of nitrogens with zero attached hydrogens (tertiary/aromatic N) is 1. The van der Waals surface area contributed by atoms with Crippen LogP contribution in [0.25, 0.3) is 0 Å². The summed E-state index contributed by atoms with van der Waals surface area (Å²) in [5.41, 5.74) is 0. The number of carbonyl (C=O) groups excluding carboxylic acids is 2. The number of hydrogen-bond acceptors (Lipinski definition) is 8. The lowest BCUT2D eigenvalue weighted by Crippen LogP contribution is -2.37. The molecule has 0 fully saturated rings. The first-order valence-corrected chi connectivity index (χ1v) is 27.2. The van der Waals surface area contributed by atoms with Crippen LogP contribution in [0.2, 0.25) is 0 Å². The van der Waals surface area contributed by atoms with Gasteiger partial charge in [0.05, 0.1) is 27.7 Å². The van der Waals surface area contributed by atoms with E-state index in [2.05, 4.69) is 50.3 Å². The molecule has 0 aliphatic rings. The number of unbranched alkanes of at least 4 members (excludes halogenated alkanes) is 27. The van der Waals surface area contributed by atoms with E-state index in [0.717, 1.165) is 51.4 Å². The fourth-order valence-electron chi connectivity index (χ4n) is 7.13. The van der Waals surface area contributed by atoms with Crippen LogP contribution in [0.15, 0.2) is 36.5 Å². The van der Waals surface area contributed by atoms with Crippen LogP contribution in [0.1, 0.15) is 232 Å². The summed E-state index contributed by atoms with van der Waals surface area (Å²) in [7, 11) is 1.15. The van der Waals surface area contributed by atoms with Gasteiger partial charge >= 0.3 is 11.9 Å². The van der Waals surface area contributed by atoms with Crippen molar-refractivity contribution >= 4 is 19.8 Å². The fraction of sp³-hybridized carbons (Fsp3) is 0.846. The number of esters is 2. The molecule has 0 saturated carbocycles. The molecule has 0 spiro atoms. The van der Waals surface area contributed by atoms with E-state index in [4.69, 9.17) is 18.5 Å². The average molecular weight is 896 g/mol. The molecular weight excluding hydrogens is 798 g/mol. The van der Waals surface area contributed by atoms with Gasteiger partial charge in [-0.2, -0.15) is 0 Å². The maximum Gasteiger partial charge on any atom is 0.306 e. The largest absolute Gasteiger partial charge is 0.756 e. The number of phosphoric acid groups is 1. The molecule has 0 aliphatic carbocycles. The number of carbonyl (C=O) groups is 2. The summed E-state index contributed by atoms with van der Waals surface area (Å²) < 4.78 is 34.0. The lowest BCUT2D eigenvalue weighted by molar-refractivity contribution is -0.870. The van der Waals surface area contributed by atoms with Crippen LogP contribution in [-0.2, 0) is 32.7 Å². The molecule has 364 valence electrons. The molecule has 0 aromatic rings. The van der Waals surface area contributed by atoms with Crippen molar-refractivity contribution in [2.24, 2.45) is 0 Å². The second-order valence-corrected chi connectivity index (χ2v) is 20.0. The predicted octanol–water partition coefficient (Wildman–Crippen LogP) is 14.6. The predicted molar refractivity (Wildman–Crippen MR) is 259 cm³/mol. The smallest absolute Gasteiger partial charge is 0.306 e. The first kappa shape index (κ1) is 60.2. The van der Waals surface area contributed by atoms with Gasteiger partial charge in [-0.1, -0.05) is 204 Å². The van der Waals surface area contributed by atoms with Crippen molar-refractivity contribution < 1.29 is 42.1 Å². The van der Waals surface area contributed by atoms with Crippen LogP contribution in [-0.4, -0.2) is 70.0 Å². The maximum atomic E-state index is 12.7. The standard InChI is InChI=1S/C52H98NO8P/c1-6-8-10-12-14-16-18-20-22-23-24-25-26-27-28-29-31-33-35-37-39-41-43-45-52(55)61-50(49-60-62(56,57)59-47-46-53(3,4)5)48-58-51(54)44-42-40-38-36-34-32-30-21-19-17-15-13-11-9-7-2/h15,17,21,30,34,36,50H,6-14,16,18-20,22-29,31-33,35,37-49H2,1-5H3/b17-15+,30-21+,36-34+/t50-/m1/s1. The summed E-state index contributed by atoms with van der Waals surface area (Å²) in [6, 6.07) is 0. The summed E-state index contributed by atoms with van der Waals surface area (Å²) in [6.45, 7) is 4.19. The Morgan fingerprint density at radius 2 is 0.871 bits per heavy atom. The minimum atomic E-state index is -4.64. The molecule has 9 nitrogen and oxygen atoms in total. The normalized spacial score (nSPS) is 13.7. The van der Waals surface area contributed by atoms with Crippen molar-refractivity contribution in [3.8, 4) is 0 Å². The van der Waals surface area contributed by atoms with Crippen molar-refractivity contribution in [1.82, 2.24) is 0 Å². The first-order chi connectivity index (χ1) is 30.0. The van der Waals surface area contributed by atoms with Gasteiger partial charge < -0.3 is 27.9 Å². The Balaban J connectivity index is 4.23. The van der Waals surface area contributed by atoms with Crippen LogP contribution < -0.4 is 4.89 Å². The van der Waals surface area contributed by atoms with Crippen molar-refractivity contribution in [2.45, 2.75) is 238 Å². The number of rotatable bonds is 47. The van der Waals surface area contributed by atoms with E-state index in [1.807, 2.05) is 21.1 Å². The first-order valence-electron chi connectivity index (χ1n) is 25.7. The molecule has 0 aliphatic heterocycles. The lowest BCUT2D eigenvalue weighted by Gasteiger charge is -2.28. The molecule has 0 saturated heterocycles. The zero-order valence-corrected chi connectivity index (χ0v) is 42.0. The van der Waals surface area contributed by atoms with E-state index in [1.54, 1.807) is 0 Å². The Kier molecular flexibility index (Phi) is 43.2. The number of phosphoric ester groups is 1. The molecule has 0 rings (SSSR count). The quantitative estimate of drug-likeness (QED) is 0.0195. The maximum absolute atomic E-state index is 12.7. The Labute approximate surface area is 382 Å². The van der Waals surface area contributed by atoms with E-state index in [1.165, 1.54) is 141 Å². The van der Waals surface area contributed by atoms with Crippen molar-refractivity contribution in [3.05, 3.63) is 36.5 Å². The minimum Gasteiger partial charge on any atom is -0.756 e. The van der Waals surface area contributed by atoms with Crippen LogP contribution in [0.3, 0.4) is 0 Å². The van der Waals surface area contributed by atoms with Gasteiger partial charge in [0.15, 0.2) is 6.10 Å². The summed E-state index contributed by atoms with van der Waals surface area (Å²) >= 11 is 0. The van der Waals surface area contributed by atoms with Crippen molar-refractivity contribution in [1.29, 1.82) is 0 Å². The number of hydrogen-bond donors (Lipinski definition) is 0. The van der Waals surface area contributed by atoms with Gasteiger partial charge in [0, 0.05) is 12.8 Å². The molecule has 2 atom stereocenters. The van der Waals surface area contributed by atoms with E-state index >= 15 is 0 Å². The molecule has 0 bridgehead atoms. The van der Waals surface area contributed by atoms with Crippen LogP contribution in [0, 0.1) is 0 Å². The highest BCUT2D eigenvalue weighted by Crippen LogP contribution is 2.38. The molecule has 0 aromatic heterocycles. The van der Waals surface area contributed by atoms with Gasteiger partial charge in [0.1, 0.15) is 19.8 Å². The summed E-state index contributed by atoms with van der Waals surface area (Å²) in [6.07, 6.45) is 51.9. The van der Waals surface area contributed by atoms with Crippen LogP contribution in [0.4, 0.5) is 0 Å². The highest BCUT2D eigenvalue weighted by atomic mass is 31.2. The van der Waals surface area contributed by atoms with Crippen LogP contribution >= 0.6 is 7.82 Å². The molecule has 1 unspecified atom stereocenters. The number of likely N-dealkylation sites (N-methyl/N-ethyl adjacent to an activating group) is 1. The topological polar surface area (TPSA) is 111 Å².